The number of amides is 1. The lowest BCUT2D eigenvalue weighted by Gasteiger charge is -2.17. The van der Waals surface area contributed by atoms with Crippen molar-refractivity contribution >= 4 is 22.8 Å². The maximum absolute atomic E-state index is 13.1. The minimum atomic E-state index is -0.221. The maximum atomic E-state index is 13.1. The summed E-state index contributed by atoms with van der Waals surface area (Å²) in [5.41, 5.74) is 2.91. The van der Waals surface area contributed by atoms with E-state index < -0.39 is 0 Å². The smallest absolute Gasteiger partial charge is 0.259 e. The van der Waals surface area contributed by atoms with Gasteiger partial charge in [-0.05, 0) is 55.7 Å². The summed E-state index contributed by atoms with van der Waals surface area (Å²) >= 11 is 0. The van der Waals surface area contributed by atoms with Crippen LogP contribution >= 0.6 is 0 Å². The van der Waals surface area contributed by atoms with Crippen LogP contribution in [0.25, 0.3) is 22.6 Å². The molecule has 1 aliphatic rings. The third-order valence-corrected chi connectivity index (χ3v) is 5.33. The first-order valence-corrected chi connectivity index (χ1v) is 9.98. The minimum Gasteiger partial charge on any atom is -0.463 e. The molecule has 0 radical (unpaired) electrons. The number of hydrogen-bond acceptors (Lipinski definition) is 7. The van der Waals surface area contributed by atoms with Crippen molar-refractivity contribution in [2.75, 3.05) is 18.0 Å². The molecule has 0 bridgehead atoms. The maximum Gasteiger partial charge on any atom is 0.259 e. The van der Waals surface area contributed by atoms with Gasteiger partial charge < -0.3 is 19.2 Å². The van der Waals surface area contributed by atoms with E-state index in [-0.39, 0.29) is 5.91 Å². The van der Waals surface area contributed by atoms with Gasteiger partial charge in [-0.25, -0.2) is 9.97 Å². The first kappa shape index (κ1) is 18.4. The summed E-state index contributed by atoms with van der Waals surface area (Å²) < 4.78 is 10.8. The Morgan fingerprint density at radius 1 is 1.23 bits per heavy atom. The number of nitrogens with one attached hydrogen (secondary N) is 1. The van der Waals surface area contributed by atoms with Gasteiger partial charge in [0, 0.05) is 25.8 Å². The summed E-state index contributed by atoms with van der Waals surface area (Å²) in [6.45, 7) is 4.24. The Kier molecular flexibility index (Phi) is 4.66. The van der Waals surface area contributed by atoms with Gasteiger partial charge in [0.25, 0.3) is 11.6 Å². The van der Waals surface area contributed by atoms with Crippen LogP contribution in [0.15, 0.2) is 51.7 Å². The van der Waals surface area contributed by atoms with E-state index in [1.165, 1.54) is 12.8 Å². The molecule has 1 aliphatic heterocycles. The van der Waals surface area contributed by atoms with E-state index >= 15 is 0 Å². The van der Waals surface area contributed by atoms with Crippen LogP contribution in [-0.2, 0) is 6.54 Å². The zero-order chi connectivity index (χ0) is 20.5. The van der Waals surface area contributed by atoms with Crippen LogP contribution in [0.1, 0.15) is 34.5 Å². The lowest BCUT2D eigenvalue weighted by atomic mass is 10.1. The molecule has 1 amide bonds. The van der Waals surface area contributed by atoms with Gasteiger partial charge in [0.05, 0.1) is 22.9 Å². The SMILES string of the molecule is Cc1noc2nc(-c3ccco3)cc(C(=O)NCc3ccnc(N4CCCC4)c3)c12. The van der Waals surface area contributed by atoms with E-state index in [1.54, 1.807) is 37.6 Å². The van der Waals surface area contributed by atoms with Crippen molar-refractivity contribution in [1.29, 1.82) is 0 Å². The molecule has 4 aromatic heterocycles. The number of carbonyl (C=O) groups excluding carboxylic acids is 1. The summed E-state index contributed by atoms with van der Waals surface area (Å²) in [5.74, 6) is 1.30. The summed E-state index contributed by atoms with van der Waals surface area (Å²) in [5, 5.41) is 7.58. The third-order valence-electron chi connectivity index (χ3n) is 5.33. The molecule has 0 unspecified atom stereocenters. The molecule has 0 saturated carbocycles. The molecule has 5 rings (SSSR count). The molecule has 30 heavy (non-hydrogen) atoms. The molecule has 152 valence electrons. The first-order valence-electron chi connectivity index (χ1n) is 9.98. The zero-order valence-electron chi connectivity index (χ0n) is 16.6. The summed E-state index contributed by atoms with van der Waals surface area (Å²) in [6, 6.07) is 9.22. The molecular formula is C22H21N5O3. The van der Waals surface area contributed by atoms with Gasteiger partial charge in [0.15, 0.2) is 5.76 Å². The predicted molar refractivity (Wildman–Crippen MR) is 111 cm³/mol. The van der Waals surface area contributed by atoms with Crippen molar-refractivity contribution in [3.8, 4) is 11.5 Å². The van der Waals surface area contributed by atoms with Crippen LogP contribution in [0.5, 0.6) is 0 Å². The Morgan fingerprint density at radius 3 is 2.90 bits per heavy atom. The van der Waals surface area contributed by atoms with Gasteiger partial charge >= 0.3 is 0 Å². The van der Waals surface area contributed by atoms with Crippen molar-refractivity contribution in [2.24, 2.45) is 0 Å². The van der Waals surface area contributed by atoms with E-state index in [0.717, 1.165) is 24.5 Å². The highest BCUT2D eigenvalue weighted by Crippen LogP contribution is 2.27. The van der Waals surface area contributed by atoms with E-state index in [4.69, 9.17) is 8.94 Å². The average molecular weight is 403 g/mol. The van der Waals surface area contributed by atoms with Gasteiger partial charge in [-0.3, -0.25) is 4.79 Å². The fraction of sp³-hybridized carbons (Fsp3) is 0.273. The number of fused-ring (bicyclic) bond motifs is 1. The normalized spacial score (nSPS) is 13.8. The van der Waals surface area contributed by atoms with Crippen LogP contribution in [0.2, 0.25) is 0 Å². The molecule has 0 spiro atoms. The Hall–Kier alpha value is -3.68. The van der Waals surface area contributed by atoms with Crippen molar-refractivity contribution in [3.63, 3.8) is 0 Å². The van der Waals surface area contributed by atoms with Gasteiger partial charge in [-0.1, -0.05) is 5.16 Å². The van der Waals surface area contributed by atoms with Crippen LogP contribution < -0.4 is 10.2 Å². The standard InChI is InChI=1S/C22H21N5O3/c1-14-20-16(12-17(18-5-4-10-29-18)25-22(20)30-26-14)21(28)24-13-15-6-7-23-19(11-15)27-8-2-3-9-27/h4-7,10-12H,2-3,8-9,13H2,1H3,(H,24,28). The number of anilines is 1. The molecule has 0 aromatic carbocycles. The topological polar surface area (TPSA) is 97.3 Å². The van der Waals surface area contributed by atoms with Crippen molar-refractivity contribution in [1.82, 2.24) is 20.4 Å². The minimum absolute atomic E-state index is 0.221. The summed E-state index contributed by atoms with van der Waals surface area (Å²) in [4.78, 5) is 24.3. The zero-order valence-corrected chi connectivity index (χ0v) is 16.6. The molecule has 1 N–H and O–H groups in total. The number of hydrogen-bond donors (Lipinski definition) is 1. The largest absolute Gasteiger partial charge is 0.463 e. The highest BCUT2D eigenvalue weighted by molar-refractivity contribution is 6.06. The number of aryl methyl sites for hydroxylation is 1. The van der Waals surface area contributed by atoms with Gasteiger partial charge in [0.2, 0.25) is 0 Å². The highest BCUT2D eigenvalue weighted by atomic mass is 16.5. The fourth-order valence-electron chi connectivity index (χ4n) is 3.79. The van der Waals surface area contributed by atoms with Gasteiger partial charge in [0.1, 0.15) is 11.5 Å². The molecule has 0 atom stereocenters. The quantitative estimate of drug-likeness (QED) is 0.542. The second kappa shape index (κ2) is 7.62. The Balaban J connectivity index is 1.41. The molecule has 8 heteroatoms. The van der Waals surface area contributed by atoms with Crippen molar-refractivity contribution < 1.29 is 13.7 Å². The monoisotopic (exact) mass is 403 g/mol. The van der Waals surface area contributed by atoms with Crippen molar-refractivity contribution in [2.45, 2.75) is 26.3 Å². The Morgan fingerprint density at radius 2 is 2.10 bits per heavy atom. The molecule has 4 aromatic rings. The third kappa shape index (κ3) is 3.41. The predicted octanol–water partition coefficient (Wildman–Crippen LogP) is 3.72. The average Bonchev–Trinajstić information content (AvgIpc) is 3.54. The second-order valence-corrected chi connectivity index (χ2v) is 7.38. The lowest BCUT2D eigenvalue weighted by Crippen LogP contribution is -2.24. The number of furan rings is 1. The van der Waals surface area contributed by atoms with E-state index in [1.807, 2.05) is 12.1 Å². The van der Waals surface area contributed by atoms with Crippen LogP contribution in [0, 0.1) is 6.92 Å². The number of carbonyl (C=O) groups is 1. The second-order valence-electron chi connectivity index (χ2n) is 7.38. The highest BCUT2D eigenvalue weighted by Gasteiger charge is 2.20. The number of rotatable bonds is 5. The number of pyridine rings is 2. The van der Waals surface area contributed by atoms with Gasteiger partial charge in [-0.15, -0.1) is 0 Å². The molecule has 1 fully saturated rings. The van der Waals surface area contributed by atoms with Gasteiger partial charge in [-0.2, -0.15) is 0 Å². The molecular weight excluding hydrogens is 382 g/mol. The molecule has 8 nitrogen and oxygen atoms in total. The van der Waals surface area contributed by atoms with Crippen LogP contribution in [0.3, 0.4) is 0 Å². The molecule has 1 saturated heterocycles. The Bertz CT molecular complexity index is 1190. The van der Waals surface area contributed by atoms with Crippen LogP contribution in [-0.4, -0.2) is 34.1 Å². The summed E-state index contributed by atoms with van der Waals surface area (Å²) in [7, 11) is 0. The van der Waals surface area contributed by atoms with E-state index in [0.29, 0.717) is 40.4 Å². The van der Waals surface area contributed by atoms with E-state index in [9.17, 15) is 4.79 Å². The van der Waals surface area contributed by atoms with E-state index in [2.05, 4.69) is 25.3 Å². The number of nitrogens with zero attached hydrogens (tertiary/aromatic N) is 4. The molecule has 0 aliphatic carbocycles. The first-order chi connectivity index (χ1) is 14.7. The fourth-order valence-corrected chi connectivity index (χ4v) is 3.79. The van der Waals surface area contributed by atoms with Crippen LogP contribution in [0.4, 0.5) is 5.82 Å². The molecule has 5 heterocycles. The Labute approximate surface area is 172 Å². The van der Waals surface area contributed by atoms with Crippen molar-refractivity contribution in [3.05, 3.63) is 59.6 Å². The lowest BCUT2D eigenvalue weighted by molar-refractivity contribution is 0.0952. The number of aromatic nitrogens is 3. The summed E-state index contributed by atoms with van der Waals surface area (Å²) in [6.07, 6.45) is 5.74.